The van der Waals surface area contributed by atoms with Gasteiger partial charge in [0.2, 0.25) is 0 Å². The van der Waals surface area contributed by atoms with Gasteiger partial charge in [-0.3, -0.25) is 4.55 Å². The molecule has 0 aromatic heterocycles. The summed E-state index contributed by atoms with van der Waals surface area (Å²) in [6.07, 6.45) is 21.5. The van der Waals surface area contributed by atoms with E-state index in [-0.39, 0.29) is 13.2 Å². The van der Waals surface area contributed by atoms with Crippen LogP contribution in [0.25, 0.3) is 0 Å². The highest BCUT2D eigenvalue weighted by atomic mass is 32.2. The molecule has 2 atom stereocenters. The minimum absolute atomic E-state index is 0.0568. The fourth-order valence-electron chi connectivity index (χ4n) is 5.75. The second-order valence-electron chi connectivity index (χ2n) is 14.0. The predicted molar refractivity (Wildman–Crippen MR) is 187 cm³/mol. The molecule has 0 rings (SSSR count). The molecule has 0 radical (unpaired) electrons. The highest BCUT2D eigenvalue weighted by molar-refractivity contribution is 7.85. The summed E-state index contributed by atoms with van der Waals surface area (Å²) in [6, 6.07) is 0.764. The summed E-state index contributed by atoms with van der Waals surface area (Å²) in [5, 5.41) is 32.7. The molecule has 0 fully saturated rings. The van der Waals surface area contributed by atoms with Gasteiger partial charge in [0, 0.05) is 13.2 Å². The summed E-state index contributed by atoms with van der Waals surface area (Å²) in [7, 11) is -2.44. The van der Waals surface area contributed by atoms with E-state index in [9.17, 15) is 23.7 Å². The molecule has 0 aliphatic carbocycles. The van der Waals surface area contributed by atoms with Gasteiger partial charge in [-0.25, -0.2) is 0 Å². The Morgan fingerprint density at radius 2 is 1.20 bits per heavy atom. The number of rotatable bonds is 33. The molecule has 12 heteroatoms. The SMILES string of the molecule is CCCCCCCCCCCCCCCCCC[N+](C)(C)CCC[Si](C)(OCC)OCC(CO)(CO)NCC(O)CS(=O)(=O)O. The maximum absolute atomic E-state index is 11.0. The molecule has 5 N–H and O–H groups in total. The van der Waals surface area contributed by atoms with Crippen LogP contribution in [-0.2, 0) is 19.0 Å². The Labute approximate surface area is 278 Å². The molecule has 0 amide bonds. The lowest BCUT2D eigenvalue weighted by Gasteiger charge is -2.36. The molecule has 2 unspecified atom stereocenters. The monoisotopic (exact) mass is 685 g/mol. The van der Waals surface area contributed by atoms with Crippen LogP contribution in [0.15, 0.2) is 0 Å². The average molecular weight is 686 g/mol. The number of β-amino-alcohol motifs (C(OH)–C–C–N with tert-alkyl or cyclic N) is 1. The van der Waals surface area contributed by atoms with Crippen molar-refractivity contribution in [3.05, 3.63) is 0 Å². The molecule has 0 saturated heterocycles. The maximum Gasteiger partial charge on any atom is 0.335 e. The first-order chi connectivity index (χ1) is 21.3. The number of aliphatic hydroxyl groups is 3. The predicted octanol–water partition coefficient (Wildman–Crippen LogP) is 5.40. The van der Waals surface area contributed by atoms with E-state index in [0.717, 1.165) is 30.0 Å². The summed E-state index contributed by atoms with van der Waals surface area (Å²) in [6.45, 7) is 7.54. The molecule has 0 saturated carbocycles. The van der Waals surface area contributed by atoms with Crippen LogP contribution in [0.5, 0.6) is 0 Å². The lowest BCUT2D eigenvalue weighted by atomic mass is 10.0. The van der Waals surface area contributed by atoms with Crippen LogP contribution in [-0.4, -0.2) is 119 Å². The van der Waals surface area contributed by atoms with Crippen molar-refractivity contribution in [1.29, 1.82) is 0 Å². The number of hydrogen-bond acceptors (Lipinski definition) is 8. The van der Waals surface area contributed by atoms with Crippen LogP contribution >= 0.6 is 0 Å². The van der Waals surface area contributed by atoms with Crippen molar-refractivity contribution < 1.29 is 41.6 Å². The number of nitrogens with zero attached hydrogens (tertiary/aromatic N) is 1. The zero-order chi connectivity index (χ0) is 34.1. The van der Waals surface area contributed by atoms with Crippen molar-refractivity contribution in [2.75, 3.05) is 65.9 Å². The first-order valence-corrected chi connectivity index (χ1v) is 22.1. The lowest BCUT2D eigenvalue weighted by molar-refractivity contribution is -0.890. The lowest BCUT2D eigenvalue weighted by Crippen LogP contribution is -2.59. The standard InChI is InChI=1S/C33H72N2O8SSi/c1-6-8-9-10-11-12-13-14-15-16-17-18-19-20-21-22-24-35(3,4)25-23-26-45(5,42-7-2)43-31-33(29-36,30-37)34-27-32(38)28-44(39,40)41/h32,34,36-38H,6-31H2,1-5H3/p+1. The van der Waals surface area contributed by atoms with Crippen LogP contribution in [0.4, 0.5) is 0 Å². The topological polar surface area (TPSA) is 146 Å². The third kappa shape index (κ3) is 25.5. The second kappa shape index (κ2) is 25.8. The van der Waals surface area contributed by atoms with Crippen molar-refractivity contribution in [1.82, 2.24) is 5.32 Å². The largest absolute Gasteiger partial charge is 0.395 e. The fraction of sp³-hybridized carbons (Fsp3) is 1.00. The normalized spacial score (nSPS) is 15.0. The number of quaternary nitrogens is 1. The summed E-state index contributed by atoms with van der Waals surface area (Å²) in [4.78, 5) is 0. The molecule has 0 bridgehead atoms. The zero-order valence-electron chi connectivity index (χ0n) is 29.7. The Morgan fingerprint density at radius 3 is 1.62 bits per heavy atom. The Kier molecular flexibility index (Phi) is 25.7. The molecule has 45 heavy (non-hydrogen) atoms. The molecule has 0 heterocycles. The highest BCUT2D eigenvalue weighted by Gasteiger charge is 2.37. The van der Waals surface area contributed by atoms with Gasteiger partial charge in [0.1, 0.15) is 5.75 Å². The van der Waals surface area contributed by atoms with Gasteiger partial charge in [-0.15, -0.1) is 0 Å². The van der Waals surface area contributed by atoms with Gasteiger partial charge in [0.25, 0.3) is 10.1 Å². The number of unbranched alkanes of at least 4 members (excludes halogenated alkanes) is 15. The Balaban J connectivity index is 4.26. The van der Waals surface area contributed by atoms with Crippen molar-refractivity contribution >= 4 is 18.7 Å². The Hall–Kier alpha value is -0.153. The van der Waals surface area contributed by atoms with Crippen molar-refractivity contribution in [2.24, 2.45) is 0 Å². The van der Waals surface area contributed by atoms with Gasteiger partial charge in [-0.1, -0.05) is 96.8 Å². The molecule has 0 aromatic rings. The van der Waals surface area contributed by atoms with Gasteiger partial charge >= 0.3 is 8.56 Å². The van der Waals surface area contributed by atoms with E-state index >= 15 is 0 Å². The number of aliphatic hydroxyl groups excluding tert-OH is 3. The van der Waals surface area contributed by atoms with E-state index in [2.05, 4.69) is 26.3 Å². The molecule has 0 aromatic carbocycles. The molecule has 0 spiro atoms. The van der Waals surface area contributed by atoms with Gasteiger partial charge in [0.05, 0.1) is 58.6 Å². The van der Waals surface area contributed by atoms with Gasteiger partial charge < -0.3 is 34.0 Å². The minimum Gasteiger partial charge on any atom is -0.395 e. The summed E-state index contributed by atoms with van der Waals surface area (Å²) >= 11 is 0. The first kappa shape index (κ1) is 44.8. The maximum atomic E-state index is 11.0. The summed E-state index contributed by atoms with van der Waals surface area (Å²) < 4.78 is 44.2. The minimum atomic E-state index is -4.35. The second-order valence-corrected chi connectivity index (χ2v) is 18.9. The quantitative estimate of drug-likeness (QED) is 0.0265. The highest BCUT2D eigenvalue weighted by Crippen LogP contribution is 2.21. The van der Waals surface area contributed by atoms with Gasteiger partial charge in [-0.2, -0.15) is 8.42 Å². The van der Waals surface area contributed by atoms with Gasteiger partial charge in [-0.05, 0) is 38.8 Å². The molecule has 272 valence electrons. The van der Waals surface area contributed by atoms with Crippen molar-refractivity contribution in [3.63, 3.8) is 0 Å². The third-order valence-corrected chi connectivity index (χ3v) is 12.6. The van der Waals surface area contributed by atoms with Crippen LogP contribution in [0.3, 0.4) is 0 Å². The van der Waals surface area contributed by atoms with Crippen molar-refractivity contribution in [3.8, 4) is 0 Å². The third-order valence-electron chi connectivity index (χ3n) is 8.84. The molecular weight excluding hydrogens is 613 g/mol. The molecular formula is C33H73N2O8SSi+. The summed E-state index contributed by atoms with van der Waals surface area (Å²) in [5.41, 5.74) is -1.28. The Bertz CT molecular complexity index is 802. The smallest absolute Gasteiger partial charge is 0.335 e. The van der Waals surface area contributed by atoms with Crippen molar-refractivity contribution in [2.45, 2.75) is 147 Å². The van der Waals surface area contributed by atoms with Crippen LogP contribution < -0.4 is 5.32 Å². The van der Waals surface area contributed by atoms with E-state index in [1.54, 1.807) is 0 Å². The number of nitrogens with one attached hydrogen (secondary N) is 1. The van der Waals surface area contributed by atoms with E-state index in [0.29, 0.717) is 6.61 Å². The van der Waals surface area contributed by atoms with Gasteiger partial charge in [0.15, 0.2) is 0 Å². The molecule has 10 nitrogen and oxygen atoms in total. The van der Waals surface area contributed by atoms with E-state index in [1.165, 1.54) is 103 Å². The van der Waals surface area contributed by atoms with Crippen LogP contribution in [0.2, 0.25) is 12.6 Å². The fourth-order valence-corrected chi connectivity index (χ4v) is 8.72. The van der Waals surface area contributed by atoms with Crippen LogP contribution in [0.1, 0.15) is 123 Å². The first-order valence-electron chi connectivity index (χ1n) is 18.0. The van der Waals surface area contributed by atoms with E-state index in [1.807, 2.05) is 13.5 Å². The summed E-state index contributed by atoms with van der Waals surface area (Å²) in [5.74, 6) is -0.841. The molecule has 0 aliphatic rings. The molecule has 0 aliphatic heterocycles. The average Bonchev–Trinajstić information content (AvgIpc) is 2.96. The van der Waals surface area contributed by atoms with E-state index < -0.39 is 49.3 Å². The zero-order valence-corrected chi connectivity index (χ0v) is 31.6. The van der Waals surface area contributed by atoms with E-state index in [4.69, 9.17) is 13.4 Å². The Morgan fingerprint density at radius 1 is 0.756 bits per heavy atom. The van der Waals surface area contributed by atoms with Crippen LogP contribution in [0, 0.1) is 0 Å². The number of hydrogen-bond donors (Lipinski definition) is 5.